The van der Waals surface area contributed by atoms with Gasteiger partial charge >= 0.3 is 0 Å². The van der Waals surface area contributed by atoms with Gasteiger partial charge in [-0.05, 0) is 31.7 Å². The lowest BCUT2D eigenvalue weighted by Gasteiger charge is -2.35. The highest BCUT2D eigenvalue weighted by molar-refractivity contribution is 7.99. The molecule has 0 spiro atoms. The van der Waals surface area contributed by atoms with Crippen LogP contribution in [0.15, 0.2) is 23.1 Å². The van der Waals surface area contributed by atoms with Crippen molar-refractivity contribution in [2.24, 2.45) is 0 Å². The zero-order valence-corrected chi connectivity index (χ0v) is 10.4. The predicted octanol–water partition coefficient (Wildman–Crippen LogP) is 2.12. The Bertz CT molecular complexity index is 351. The molecule has 82 valence electrons. The zero-order chi connectivity index (χ0) is 10.8. The molecule has 0 amide bonds. The van der Waals surface area contributed by atoms with Crippen LogP contribution in [0.5, 0.6) is 0 Å². The molecule has 0 bridgehead atoms. The van der Waals surface area contributed by atoms with E-state index in [1.165, 1.54) is 21.9 Å². The van der Waals surface area contributed by atoms with Crippen LogP contribution in [0, 0.1) is 6.92 Å². The van der Waals surface area contributed by atoms with Gasteiger partial charge in [0.15, 0.2) is 0 Å². The van der Waals surface area contributed by atoms with Crippen LogP contribution in [-0.4, -0.2) is 32.4 Å². The standard InChI is InChI=1S/C12H18N2S/c1-9-4-5-12-11(6-9)14(3)10(7-13-2)8-15-12/h4-6,10,13H,7-8H2,1-3H3. The van der Waals surface area contributed by atoms with Crippen LogP contribution < -0.4 is 10.2 Å². The quantitative estimate of drug-likeness (QED) is 0.825. The number of aryl methyl sites for hydroxylation is 1. The summed E-state index contributed by atoms with van der Waals surface area (Å²) in [5, 5.41) is 3.26. The van der Waals surface area contributed by atoms with Crippen molar-refractivity contribution in [1.29, 1.82) is 0 Å². The highest BCUT2D eigenvalue weighted by Gasteiger charge is 2.22. The molecule has 1 aliphatic heterocycles. The van der Waals surface area contributed by atoms with E-state index in [9.17, 15) is 0 Å². The fourth-order valence-corrected chi connectivity index (χ4v) is 3.18. The number of likely N-dealkylation sites (N-methyl/N-ethyl adjacent to an activating group) is 2. The Hall–Kier alpha value is -0.670. The molecule has 1 aromatic rings. The maximum atomic E-state index is 3.26. The first kappa shape index (κ1) is 10.8. The minimum absolute atomic E-state index is 0.606. The minimum atomic E-state index is 0.606. The fraction of sp³-hybridized carbons (Fsp3) is 0.500. The maximum Gasteiger partial charge on any atom is 0.0507 e. The average molecular weight is 222 g/mol. The number of nitrogens with one attached hydrogen (secondary N) is 1. The molecule has 3 heteroatoms. The number of nitrogens with zero attached hydrogens (tertiary/aromatic N) is 1. The van der Waals surface area contributed by atoms with Gasteiger partial charge in [0.05, 0.1) is 11.7 Å². The summed E-state index contributed by atoms with van der Waals surface area (Å²) in [5.74, 6) is 1.17. The monoisotopic (exact) mass is 222 g/mol. The average Bonchev–Trinajstić information content (AvgIpc) is 2.23. The smallest absolute Gasteiger partial charge is 0.0507 e. The maximum absolute atomic E-state index is 3.26. The molecule has 0 aromatic heterocycles. The van der Waals surface area contributed by atoms with Crippen molar-refractivity contribution < 1.29 is 0 Å². The first-order valence-corrected chi connectivity index (χ1v) is 6.32. The van der Waals surface area contributed by atoms with Crippen LogP contribution in [0.25, 0.3) is 0 Å². The third-order valence-electron chi connectivity index (χ3n) is 2.91. The Morgan fingerprint density at radius 1 is 1.53 bits per heavy atom. The second kappa shape index (κ2) is 4.45. The lowest BCUT2D eigenvalue weighted by atomic mass is 10.1. The van der Waals surface area contributed by atoms with Crippen LogP contribution in [0.3, 0.4) is 0 Å². The van der Waals surface area contributed by atoms with Gasteiger partial charge in [0.25, 0.3) is 0 Å². The van der Waals surface area contributed by atoms with E-state index in [2.05, 4.69) is 42.4 Å². The van der Waals surface area contributed by atoms with E-state index in [1.807, 2.05) is 18.8 Å². The SMILES string of the molecule is CNCC1CSc2ccc(C)cc2N1C. The summed E-state index contributed by atoms with van der Waals surface area (Å²) < 4.78 is 0. The molecular formula is C12H18N2S. The van der Waals surface area contributed by atoms with Gasteiger partial charge < -0.3 is 10.2 Å². The fourth-order valence-electron chi connectivity index (χ4n) is 1.95. The Morgan fingerprint density at radius 3 is 3.07 bits per heavy atom. The molecule has 15 heavy (non-hydrogen) atoms. The molecule has 1 aliphatic rings. The molecule has 0 fully saturated rings. The topological polar surface area (TPSA) is 15.3 Å². The van der Waals surface area contributed by atoms with Gasteiger partial charge in [-0.2, -0.15) is 0 Å². The molecule has 0 aliphatic carbocycles. The minimum Gasteiger partial charge on any atom is -0.369 e. The van der Waals surface area contributed by atoms with Crippen LogP contribution in [-0.2, 0) is 0 Å². The third-order valence-corrected chi connectivity index (χ3v) is 4.12. The highest BCUT2D eigenvalue weighted by atomic mass is 32.2. The molecule has 1 aromatic carbocycles. The number of anilines is 1. The summed E-state index contributed by atoms with van der Waals surface area (Å²) in [5.41, 5.74) is 2.72. The second-order valence-corrected chi connectivity index (χ2v) is 5.17. The lowest BCUT2D eigenvalue weighted by Crippen LogP contribution is -2.43. The first-order valence-electron chi connectivity index (χ1n) is 5.33. The molecule has 0 radical (unpaired) electrons. The van der Waals surface area contributed by atoms with Crippen molar-refractivity contribution in [3.8, 4) is 0 Å². The van der Waals surface area contributed by atoms with Crippen LogP contribution in [0.2, 0.25) is 0 Å². The summed E-state index contributed by atoms with van der Waals surface area (Å²) in [6.07, 6.45) is 0. The van der Waals surface area contributed by atoms with E-state index in [1.54, 1.807) is 0 Å². The second-order valence-electron chi connectivity index (χ2n) is 4.10. The molecule has 2 nitrogen and oxygen atoms in total. The number of benzene rings is 1. The van der Waals surface area contributed by atoms with E-state index in [0.29, 0.717) is 6.04 Å². The molecule has 1 atom stereocenters. The predicted molar refractivity (Wildman–Crippen MR) is 68.0 cm³/mol. The van der Waals surface area contributed by atoms with Gasteiger partial charge in [-0.25, -0.2) is 0 Å². The summed E-state index contributed by atoms with van der Waals surface area (Å²) in [6, 6.07) is 7.32. The van der Waals surface area contributed by atoms with E-state index < -0.39 is 0 Å². The number of thioether (sulfide) groups is 1. The van der Waals surface area contributed by atoms with Gasteiger partial charge in [0, 0.05) is 24.2 Å². The Labute approximate surface area is 96.0 Å². The van der Waals surface area contributed by atoms with Crippen molar-refractivity contribution in [2.75, 3.05) is 31.3 Å². The number of fused-ring (bicyclic) bond motifs is 1. The Morgan fingerprint density at radius 2 is 2.33 bits per heavy atom. The van der Waals surface area contributed by atoms with E-state index in [4.69, 9.17) is 0 Å². The molecular weight excluding hydrogens is 204 g/mol. The zero-order valence-electron chi connectivity index (χ0n) is 9.58. The normalized spacial score (nSPS) is 20.2. The van der Waals surface area contributed by atoms with Crippen molar-refractivity contribution in [3.63, 3.8) is 0 Å². The van der Waals surface area contributed by atoms with Crippen molar-refractivity contribution in [2.45, 2.75) is 17.9 Å². The van der Waals surface area contributed by atoms with Crippen LogP contribution in [0.1, 0.15) is 5.56 Å². The largest absolute Gasteiger partial charge is 0.369 e. The number of hydrogen-bond acceptors (Lipinski definition) is 3. The molecule has 0 saturated carbocycles. The van der Waals surface area contributed by atoms with Gasteiger partial charge in [-0.1, -0.05) is 6.07 Å². The molecule has 0 saturated heterocycles. The highest BCUT2D eigenvalue weighted by Crippen LogP contribution is 2.36. The summed E-state index contributed by atoms with van der Waals surface area (Å²) >= 11 is 1.97. The summed E-state index contributed by atoms with van der Waals surface area (Å²) in [6.45, 7) is 3.21. The van der Waals surface area contributed by atoms with Crippen molar-refractivity contribution >= 4 is 17.4 Å². The Kier molecular flexibility index (Phi) is 3.22. The summed E-state index contributed by atoms with van der Waals surface area (Å²) in [7, 11) is 4.21. The van der Waals surface area contributed by atoms with Gasteiger partial charge in [0.2, 0.25) is 0 Å². The van der Waals surface area contributed by atoms with Crippen LogP contribution in [0.4, 0.5) is 5.69 Å². The third kappa shape index (κ3) is 2.13. The number of rotatable bonds is 2. The molecule has 1 N–H and O–H groups in total. The van der Waals surface area contributed by atoms with Crippen LogP contribution >= 0.6 is 11.8 Å². The van der Waals surface area contributed by atoms with E-state index in [-0.39, 0.29) is 0 Å². The first-order chi connectivity index (χ1) is 7.22. The Balaban J connectivity index is 2.28. The van der Waals surface area contributed by atoms with E-state index >= 15 is 0 Å². The summed E-state index contributed by atoms with van der Waals surface area (Å²) in [4.78, 5) is 3.81. The number of hydrogen-bond donors (Lipinski definition) is 1. The molecule has 1 heterocycles. The van der Waals surface area contributed by atoms with Gasteiger partial charge in [-0.3, -0.25) is 0 Å². The van der Waals surface area contributed by atoms with Gasteiger partial charge in [-0.15, -0.1) is 11.8 Å². The van der Waals surface area contributed by atoms with E-state index in [0.717, 1.165) is 6.54 Å². The molecule has 2 rings (SSSR count). The van der Waals surface area contributed by atoms with Crippen molar-refractivity contribution in [1.82, 2.24) is 5.32 Å². The van der Waals surface area contributed by atoms with Gasteiger partial charge in [0.1, 0.15) is 0 Å². The van der Waals surface area contributed by atoms with Crippen molar-refractivity contribution in [3.05, 3.63) is 23.8 Å². The lowest BCUT2D eigenvalue weighted by molar-refractivity contribution is 0.629. The molecule has 1 unspecified atom stereocenters.